The third kappa shape index (κ3) is 5.24. The van der Waals surface area contributed by atoms with Crippen molar-refractivity contribution in [2.75, 3.05) is 20.3 Å². The van der Waals surface area contributed by atoms with E-state index in [4.69, 9.17) is 9.47 Å². The van der Waals surface area contributed by atoms with E-state index in [-0.39, 0.29) is 11.3 Å². The molecular weight excluding hydrogens is 322 g/mol. The molecular formula is C19H21NO5. The van der Waals surface area contributed by atoms with Gasteiger partial charge in [-0.3, -0.25) is 4.79 Å². The molecule has 2 aromatic carbocycles. The van der Waals surface area contributed by atoms with Crippen LogP contribution < -0.4 is 10.1 Å². The number of carbonyl (C=O) groups is 2. The molecule has 1 amide bonds. The summed E-state index contributed by atoms with van der Waals surface area (Å²) in [7, 11) is 1.45. The number of amides is 1. The Hall–Kier alpha value is -3.02. The minimum absolute atomic E-state index is 0.0199. The zero-order chi connectivity index (χ0) is 18.2. The van der Waals surface area contributed by atoms with Gasteiger partial charge in [0.25, 0.3) is 5.91 Å². The fourth-order valence-electron chi connectivity index (χ4n) is 2.30. The average molecular weight is 343 g/mol. The van der Waals surface area contributed by atoms with Crippen molar-refractivity contribution in [2.24, 2.45) is 0 Å². The summed E-state index contributed by atoms with van der Waals surface area (Å²) in [6.07, 6.45) is 0.700. The highest BCUT2D eigenvalue weighted by Gasteiger charge is 2.15. The normalized spacial score (nSPS) is 10.2. The van der Waals surface area contributed by atoms with Crippen LogP contribution in [0, 0.1) is 6.92 Å². The molecule has 6 nitrogen and oxygen atoms in total. The van der Waals surface area contributed by atoms with E-state index in [0.717, 1.165) is 11.1 Å². The van der Waals surface area contributed by atoms with Gasteiger partial charge in [-0.25, -0.2) is 4.79 Å². The molecule has 0 saturated heterocycles. The van der Waals surface area contributed by atoms with E-state index in [1.165, 1.54) is 25.3 Å². The first-order valence-electron chi connectivity index (χ1n) is 7.86. The van der Waals surface area contributed by atoms with Crippen molar-refractivity contribution in [3.63, 3.8) is 0 Å². The molecule has 2 aromatic rings. The topological polar surface area (TPSA) is 84.9 Å². The summed E-state index contributed by atoms with van der Waals surface area (Å²) < 4.78 is 9.86. The molecule has 132 valence electrons. The quantitative estimate of drug-likeness (QED) is 0.753. The molecule has 0 spiro atoms. The van der Waals surface area contributed by atoms with Gasteiger partial charge in [-0.15, -0.1) is 0 Å². The molecule has 2 rings (SSSR count). The lowest BCUT2D eigenvalue weighted by Gasteiger charge is -2.09. The van der Waals surface area contributed by atoms with Crippen LogP contribution in [0.2, 0.25) is 0 Å². The second-order valence-corrected chi connectivity index (χ2v) is 5.49. The number of phenolic OH excluding ortho intramolecular Hbond substituents is 1. The Kier molecular flexibility index (Phi) is 6.39. The van der Waals surface area contributed by atoms with Crippen LogP contribution in [0.1, 0.15) is 21.5 Å². The number of phenols is 1. The second kappa shape index (κ2) is 8.73. The van der Waals surface area contributed by atoms with Crippen LogP contribution in [0.4, 0.5) is 0 Å². The molecule has 2 N–H and O–H groups in total. The monoisotopic (exact) mass is 343 g/mol. The first kappa shape index (κ1) is 18.3. The molecule has 0 aromatic heterocycles. The van der Waals surface area contributed by atoms with E-state index in [2.05, 4.69) is 5.32 Å². The maximum absolute atomic E-state index is 11.9. The molecule has 0 unspecified atom stereocenters. The third-order valence-electron chi connectivity index (χ3n) is 3.74. The van der Waals surface area contributed by atoms with Gasteiger partial charge >= 0.3 is 5.97 Å². The number of hydrogen-bond acceptors (Lipinski definition) is 5. The fourth-order valence-corrected chi connectivity index (χ4v) is 2.30. The lowest BCUT2D eigenvalue weighted by atomic mass is 10.1. The van der Waals surface area contributed by atoms with Gasteiger partial charge in [0.1, 0.15) is 17.1 Å². The molecule has 6 heteroatoms. The predicted molar refractivity (Wildman–Crippen MR) is 92.8 cm³/mol. The summed E-state index contributed by atoms with van der Waals surface area (Å²) in [5.74, 6) is -1.00. The van der Waals surface area contributed by atoms with E-state index < -0.39 is 18.5 Å². The Morgan fingerprint density at radius 1 is 1.16 bits per heavy atom. The number of carbonyl (C=O) groups excluding carboxylic acids is 2. The lowest BCUT2D eigenvalue weighted by molar-refractivity contribution is -0.124. The van der Waals surface area contributed by atoms with Crippen LogP contribution in [0.3, 0.4) is 0 Å². The van der Waals surface area contributed by atoms with Crippen molar-refractivity contribution in [3.05, 3.63) is 59.2 Å². The number of benzene rings is 2. The summed E-state index contributed by atoms with van der Waals surface area (Å²) in [6.45, 7) is 2.06. The molecule has 0 aliphatic rings. The second-order valence-electron chi connectivity index (χ2n) is 5.49. The van der Waals surface area contributed by atoms with Crippen molar-refractivity contribution in [1.82, 2.24) is 5.32 Å². The number of methoxy groups -OCH3 is 1. The lowest BCUT2D eigenvalue weighted by Crippen LogP contribution is -2.30. The van der Waals surface area contributed by atoms with Gasteiger partial charge in [-0.1, -0.05) is 24.3 Å². The van der Waals surface area contributed by atoms with Crippen molar-refractivity contribution in [2.45, 2.75) is 13.3 Å². The minimum atomic E-state index is -0.769. The van der Waals surface area contributed by atoms with E-state index in [1.807, 2.05) is 31.2 Å². The molecule has 0 atom stereocenters. The average Bonchev–Trinajstić information content (AvgIpc) is 2.61. The predicted octanol–water partition coefficient (Wildman–Crippen LogP) is 2.22. The highest BCUT2D eigenvalue weighted by Crippen LogP contribution is 2.23. The maximum Gasteiger partial charge on any atom is 0.342 e. The van der Waals surface area contributed by atoms with Crippen molar-refractivity contribution in [1.29, 1.82) is 0 Å². The Morgan fingerprint density at radius 2 is 1.92 bits per heavy atom. The number of rotatable bonds is 7. The highest BCUT2D eigenvalue weighted by molar-refractivity contribution is 5.94. The first-order valence-corrected chi connectivity index (χ1v) is 7.86. The van der Waals surface area contributed by atoms with Gasteiger partial charge in [-0.05, 0) is 36.6 Å². The van der Waals surface area contributed by atoms with Crippen LogP contribution in [0.5, 0.6) is 11.5 Å². The van der Waals surface area contributed by atoms with Gasteiger partial charge in [-0.2, -0.15) is 0 Å². The van der Waals surface area contributed by atoms with Crippen LogP contribution in [0.15, 0.2) is 42.5 Å². The SMILES string of the molecule is COc1ccc(C(=O)OCC(=O)NCCc2ccccc2C)c(O)c1. The smallest absolute Gasteiger partial charge is 0.342 e. The summed E-state index contributed by atoms with van der Waals surface area (Å²) >= 11 is 0. The molecule has 0 fully saturated rings. The van der Waals surface area contributed by atoms with Crippen molar-refractivity contribution >= 4 is 11.9 Å². The highest BCUT2D eigenvalue weighted by atomic mass is 16.5. The summed E-state index contributed by atoms with van der Waals surface area (Å²) in [5.41, 5.74) is 2.30. The summed E-state index contributed by atoms with van der Waals surface area (Å²) in [4.78, 5) is 23.7. The van der Waals surface area contributed by atoms with Gasteiger partial charge < -0.3 is 19.9 Å². The van der Waals surface area contributed by atoms with Gasteiger partial charge in [0.05, 0.1) is 7.11 Å². The number of nitrogens with one attached hydrogen (secondary N) is 1. The van der Waals surface area contributed by atoms with E-state index in [1.54, 1.807) is 0 Å². The van der Waals surface area contributed by atoms with E-state index >= 15 is 0 Å². The first-order chi connectivity index (χ1) is 12.0. The van der Waals surface area contributed by atoms with Crippen LogP contribution in [0.25, 0.3) is 0 Å². The number of aryl methyl sites for hydroxylation is 1. The Balaban J connectivity index is 1.78. The Morgan fingerprint density at radius 3 is 2.60 bits per heavy atom. The zero-order valence-corrected chi connectivity index (χ0v) is 14.2. The van der Waals surface area contributed by atoms with Crippen LogP contribution in [-0.2, 0) is 16.0 Å². The van der Waals surface area contributed by atoms with Gasteiger partial charge in [0.2, 0.25) is 0 Å². The Labute approximate surface area is 146 Å². The van der Waals surface area contributed by atoms with Gasteiger partial charge in [0.15, 0.2) is 6.61 Å². The van der Waals surface area contributed by atoms with Crippen molar-refractivity contribution in [3.8, 4) is 11.5 Å². The number of ether oxygens (including phenoxy) is 2. The summed E-state index contributed by atoms with van der Waals surface area (Å²) in [5, 5.41) is 12.5. The van der Waals surface area contributed by atoms with E-state index in [9.17, 15) is 14.7 Å². The molecule has 0 saturated carbocycles. The molecule has 0 aliphatic carbocycles. The molecule has 0 bridgehead atoms. The molecule has 25 heavy (non-hydrogen) atoms. The minimum Gasteiger partial charge on any atom is -0.507 e. The fraction of sp³-hybridized carbons (Fsp3) is 0.263. The van der Waals surface area contributed by atoms with Crippen molar-refractivity contribution < 1.29 is 24.2 Å². The van der Waals surface area contributed by atoms with Crippen LogP contribution >= 0.6 is 0 Å². The number of esters is 1. The van der Waals surface area contributed by atoms with Gasteiger partial charge in [0, 0.05) is 12.6 Å². The maximum atomic E-state index is 11.9. The third-order valence-corrected chi connectivity index (χ3v) is 3.74. The van der Waals surface area contributed by atoms with E-state index in [0.29, 0.717) is 18.7 Å². The zero-order valence-electron chi connectivity index (χ0n) is 14.2. The summed E-state index contributed by atoms with van der Waals surface area (Å²) in [6, 6.07) is 12.1. The largest absolute Gasteiger partial charge is 0.507 e. The molecule has 0 radical (unpaired) electrons. The Bertz CT molecular complexity index is 757. The number of aromatic hydroxyl groups is 1. The molecule has 0 aliphatic heterocycles. The molecule has 0 heterocycles. The van der Waals surface area contributed by atoms with Crippen LogP contribution in [-0.4, -0.2) is 37.2 Å². The number of hydrogen-bond donors (Lipinski definition) is 2. The standard InChI is InChI=1S/C19H21NO5/c1-13-5-3-4-6-14(13)9-10-20-18(22)12-25-19(23)16-8-7-15(24-2)11-17(16)21/h3-8,11,21H,9-10,12H2,1-2H3,(H,20,22).